The number of amides is 1. The maximum absolute atomic E-state index is 12.3. The van der Waals surface area contributed by atoms with Gasteiger partial charge in [-0.05, 0) is 52.3 Å². The molecule has 5 nitrogen and oxygen atoms in total. The number of anilines is 2. The lowest BCUT2D eigenvalue weighted by atomic mass is 10.3. The lowest BCUT2D eigenvalue weighted by molar-refractivity contribution is -0.114. The number of sulfonamides is 1. The van der Waals surface area contributed by atoms with E-state index in [0.29, 0.717) is 20.2 Å². The van der Waals surface area contributed by atoms with E-state index >= 15 is 0 Å². The van der Waals surface area contributed by atoms with Crippen LogP contribution in [0.4, 0.5) is 11.4 Å². The molecule has 0 atom stereocenters. The summed E-state index contributed by atoms with van der Waals surface area (Å²) in [5.74, 6) is -0.546. The molecule has 0 aliphatic heterocycles. The lowest BCUT2D eigenvalue weighted by Crippen LogP contribution is -2.37. The van der Waals surface area contributed by atoms with E-state index in [-0.39, 0.29) is 10.7 Å². The van der Waals surface area contributed by atoms with Crippen molar-refractivity contribution in [2.24, 2.45) is 0 Å². The minimum absolute atomic E-state index is 0.123. The molecule has 0 saturated heterocycles. The highest BCUT2D eigenvalue weighted by molar-refractivity contribution is 9.10. The van der Waals surface area contributed by atoms with E-state index in [1.807, 2.05) is 0 Å². The summed E-state index contributed by atoms with van der Waals surface area (Å²) in [4.78, 5) is 12.3. The highest BCUT2D eigenvalue weighted by Gasteiger charge is 2.23. The van der Waals surface area contributed by atoms with Crippen LogP contribution in [-0.2, 0) is 14.8 Å². The van der Waals surface area contributed by atoms with Crippen molar-refractivity contribution in [3.63, 3.8) is 0 Å². The van der Waals surface area contributed by atoms with E-state index in [4.69, 9.17) is 34.8 Å². The van der Waals surface area contributed by atoms with Gasteiger partial charge in [-0.15, -0.1) is 0 Å². The Morgan fingerprint density at radius 2 is 1.80 bits per heavy atom. The van der Waals surface area contributed by atoms with Crippen LogP contribution in [0.25, 0.3) is 0 Å². The van der Waals surface area contributed by atoms with Crippen molar-refractivity contribution in [3.8, 4) is 0 Å². The Kier molecular flexibility index (Phi) is 6.62. The summed E-state index contributed by atoms with van der Waals surface area (Å²) in [6.07, 6.45) is 0.988. The molecule has 0 radical (unpaired) electrons. The van der Waals surface area contributed by atoms with Crippen LogP contribution >= 0.6 is 50.7 Å². The average Bonchev–Trinajstić information content (AvgIpc) is 2.48. The Bertz CT molecular complexity index is 922. The Morgan fingerprint density at radius 1 is 1.12 bits per heavy atom. The Balaban J connectivity index is 2.25. The highest BCUT2D eigenvalue weighted by atomic mass is 79.9. The van der Waals surface area contributed by atoms with Gasteiger partial charge in [0.05, 0.1) is 22.0 Å². The van der Waals surface area contributed by atoms with Crippen LogP contribution < -0.4 is 9.62 Å². The van der Waals surface area contributed by atoms with E-state index < -0.39 is 22.5 Å². The van der Waals surface area contributed by atoms with Gasteiger partial charge in [0.2, 0.25) is 15.9 Å². The van der Waals surface area contributed by atoms with Crippen LogP contribution in [-0.4, -0.2) is 27.1 Å². The predicted molar refractivity (Wildman–Crippen MR) is 106 cm³/mol. The maximum Gasteiger partial charge on any atom is 0.245 e. The van der Waals surface area contributed by atoms with Gasteiger partial charge >= 0.3 is 0 Å². The molecule has 0 bridgehead atoms. The lowest BCUT2D eigenvalue weighted by Gasteiger charge is -2.23. The molecule has 0 saturated carbocycles. The van der Waals surface area contributed by atoms with Gasteiger partial charge in [0.15, 0.2) is 0 Å². The summed E-state index contributed by atoms with van der Waals surface area (Å²) in [6, 6.07) is 9.19. The summed E-state index contributed by atoms with van der Waals surface area (Å²) >= 11 is 21.1. The van der Waals surface area contributed by atoms with Crippen LogP contribution in [0.15, 0.2) is 40.9 Å². The SMILES string of the molecule is CS(=O)(=O)N(CC(=O)Nc1ccc(Br)c(Cl)c1)c1ccc(Cl)cc1Cl. The third-order valence-electron chi connectivity index (χ3n) is 3.07. The summed E-state index contributed by atoms with van der Waals surface area (Å²) in [7, 11) is -3.74. The van der Waals surface area contributed by atoms with Gasteiger partial charge in [-0.2, -0.15) is 0 Å². The number of carbonyl (C=O) groups is 1. The Labute approximate surface area is 169 Å². The molecule has 1 amide bonds. The molecule has 1 N–H and O–H groups in total. The second-order valence-electron chi connectivity index (χ2n) is 5.04. The van der Waals surface area contributed by atoms with E-state index in [9.17, 15) is 13.2 Å². The molecule has 0 heterocycles. The van der Waals surface area contributed by atoms with Crippen LogP contribution in [0.3, 0.4) is 0 Å². The third-order valence-corrected chi connectivity index (χ3v) is 5.97. The van der Waals surface area contributed by atoms with Crippen molar-refractivity contribution in [1.82, 2.24) is 0 Å². The number of halogens is 4. The fraction of sp³-hybridized carbons (Fsp3) is 0.133. The number of carbonyl (C=O) groups excluding carboxylic acids is 1. The van der Waals surface area contributed by atoms with E-state index in [1.54, 1.807) is 18.2 Å². The topological polar surface area (TPSA) is 66.5 Å². The fourth-order valence-corrected chi connectivity index (χ4v) is 3.83. The summed E-state index contributed by atoms with van der Waals surface area (Å²) < 4.78 is 25.7. The first-order valence-electron chi connectivity index (χ1n) is 6.75. The molecule has 0 aliphatic carbocycles. The van der Waals surface area contributed by atoms with Crippen molar-refractivity contribution < 1.29 is 13.2 Å². The normalized spacial score (nSPS) is 11.2. The standard InChI is InChI=1S/C15H12BrCl3N2O3S/c1-25(23,24)21(14-5-2-9(17)6-13(14)19)8-15(22)20-10-3-4-11(16)12(18)7-10/h2-7H,8H2,1H3,(H,20,22). The fourth-order valence-electron chi connectivity index (χ4n) is 1.97. The van der Waals surface area contributed by atoms with Gasteiger partial charge in [0.1, 0.15) is 6.54 Å². The van der Waals surface area contributed by atoms with Gasteiger partial charge in [0, 0.05) is 15.2 Å². The van der Waals surface area contributed by atoms with Crippen molar-refractivity contribution in [3.05, 3.63) is 55.9 Å². The maximum atomic E-state index is 12.3. The first-order valence-corrected chi connectivity index (χ1v) is 10.5. The van der Waals surface area contributed by atoms with Crippen molar-refractivity contribution in [2.75, 3.05) is 22.4 Å². The first kappa shape index (κ1) is 20.3. The number of hydrogen-bond acceptors (Lipinski definition) is 3. The second kappa shape index (κ2) is 8.14. The molecule has 0 spiro atoms. The summed E-state index contributed by atoms with van der Waals surface area (Å²) in [6.45, 7) is -0.451. The van der Waals surface area contributed by atoms with Crippen LogP contribution in [0.2, 0.25) is 15.1 Å². The second-order valence-corrected chi connectivity index (χ2v) is 9.05. The zero-order valence-electron chi connectivity index (χ0n) is 12.8. The quantitative estimate of drug-likeness (QED) is 0.659. The third kappa shape index (κ3) is 5.49. The molecule has 0 aromatic heterocycles. The van der Waals surface area contributed by atoms with Gasteiger partial charge in [-0.3, -0.25) is 9.10 Å². The molecular weight excluding hydrogens is 475 g/mol. The summed E-state index contributed by atoms with van der Waals surface area (Å²) in [5, 5.41) is 3.49. The largest absolute Gasteiger partial charge is 0.324 e. The van der Waals surface area contributed by atoms with Crippen LogP contribution in [0.1, 0.15) is 0 Å². The number of benzene rings is 2. The smallest absolute Gasteiger partial charge is 0.245 e. The van der Waals surface area contributed by atoms with Gasteiger partial charge in [0.25, 0.3) is 0 Å². The molecule has 0 aliphatic rings. The Hall–Kier alpha value is -0.990. The predicted octanol–water partition coefficient (Wildman–Crippen LogP) is 4.81. The van der Waals surface area contributed by atoms with Crippen LogP contribution in [0.5, 0.6) is 0 Å². The minimum Gasteiger partial charge on any atom is -0.324 e. The average molecular weight is 487 g/mol. The van der Waals surface area contributed by atoms with Gasteiger partial charge in [-0.25, -0.2) is 8.42 Å². The number of nitrogens with zero attached hydrogens (tertiary/aromatic N) is 1. The molecule has 2 rings (SSSR count). The van der Waals surface area contributed by atoms with E-state index in [2.05, 4.69) is 21.2 Å². The summed E-state index contributed by atoms with van der Waals surface area (Å²) in [5.41, 5.74) is 0.603. The number of nitrogens with one attached hydrogen (secondary N) is 1. The van der Waals surface area contributed by atoms with Gasteiger partial charge in [-0.1, -0.05) is 34.8 Å². The van der Waals surface area contributed by atoms with Crippen molar-refractivity contribution in [1.29, 1.82) is 0 Å². The Morgan fingerprint density at radius 3 is 2.36 bits per heavy atom. The monoisotopic (exact) mass is 484 g/mol. The molecule has 0 fully saturated rings. The number of hydrogen-bond donors (Lipinski definition) is 1. The molecule has 2 aromatic carbocycles. The molecule has 2 aromatic rings. The van der Waals surface area contributed by atoms with E-state index in [0.717, 1.165) is 10.6 Å². The molecule has 0 unspecified atom stereocenters. The molecule has 25 heavy (non-hydrogen) atoms. The molecular formula is C15H12BrCl3N2O3S. The number of rotatable bonds is 5. The van der Waals surface area contributed by atoms with Gasteiger partial charge < -0.3 is 5.32 Å². The highest BCUT2D eigenvalue weighted by Crippen LogP contribution is 2.30. The zero-order valence-corrected chi connectivity index (χ0v) is 17.4. The van der Waals surface area contributed by atoms with Crippen LogP contribution in [0, 0.1) is 0 Å². The zero-order chi connectivity index (χ0) is 18.8. The molecule has 10 heteroatoms. The van der Waals surface area contributed by atoms with Crippen molar-refractivity contribution >= 4 is 78.0 Å². The van der Waals surface area contributed by atoms with Crippen molar-refractivity contribution in [2.45, 2.75) is 0 Å². The first-order chi connectivity index (χ1) is 11.6. The van der Waals surface area contributed by atoms with E-state index in [1.165, 1.54) is 18.2 Å². The minimum atomic E-state index is -3.74. The molecule has 134 valence electrons.